The number of hydrogen-bond acceptors (Lipinski definition) is 4. The summed E-state index contributed by atoms with van der Waals surface area (Å²) in [7, 11) is 4.41. The average molecular weight is 502 g/mol. The molecule has 206 valence electrons. The molecule has 0 N–H and O–H groups in total. The smallest absolute Gasteiger partial charge is 0.302 e. The van der Waals surface area contributed by atoms with Crippen molar-refractivity contribution in [2.45, 2.75) is 129 Å². The lowest BCUT2D eigenvalue weighted by Crippen LogP contribution is -2.62. The summed E-state index contributed by atoms with van der Waals surface area (Å²) < 4.78 is 12.9. The second-order valence-corrected chi connectivity index (χ2v) is 15.2. The maximum atomic E-state index is 11.8. The Morgan fingerprint density at radius 3 is 2.42 bits per heavy atom. The molecule has 1 saturated heterocycles. The number of ether oxygens (including phenoxy) is 2. The van der Waals surface area contributed by atoms with Gasteiger partial charge in [-0.05, 0) is 100.0 Å². The monoisotopic (exact) mass is 501 g/mol. The molecular formula is C32H55NO3. The van der Waals surface area contributed by atoms with E-state index in [1.54, 1.807) is 6.92 Å². The summed E-state index contributed by atoms with van der Waals surface area (Å²) in [5, 5.41) is 0. The Morgan fingerprint density at radius 2 is 1.75 bits per heavy atom. The largest absolute Gasteiger partial charge is 0.462 e. The van der Waals surface area contributed by atoms with Gasteiger partial charge in [-0.1, -0.05) is 53.9 Å². The molecule has 5 aliphatic rings. The molecule has 4 aliphatic carbocycles. The lowest BCUT2D eigenvalue weighted by atomic mass is 9.42. The summed E-state index contributed by atoms with van der Waals surface area (Å²) in [6.45, 7) is 15.1. The Bertz CT molecular complexity index is 841. The lowest BCUT2D eigenvalue weighted by Gasteiger charge is -2.61. The molecule has 5 rings (SSSR count). The molecule has 1 aliphatic heterocycles. The molecule has 0 bridgehead atoms. The Balaban J connectivity index is 1.40. The van der Waals surface area contributed by atoms with Crippen molar-refractivity contribution in [3.8, 4) is 0 Å². The van der Waals surface area contributed by atoms with Crippen LogP contribution < -0.4 is 0 Å². The van der Waals surface area contributed by atoms with Gasteiger partial charge < -0.3 is 14.4 Å². The Hall–Kier alpha value is -0.610. The van der Waals surface area contributed by atoms with Gasteiger partial charge in [0.05, 0.1) is 0 Å². The first kappa shape index (κ1) is 27.0. The number of carbonyl (C=O) groups excluding carboxylic acids is 1. The highest BCUT2D eigenvalue weighted by Crippen LogP contribution is 2.78. The molecule has 10 atom stereocenters. The molecule has 1 heterocycles. The standard InChI is InChI=1S/C32H55NO3/c1-21(2)10-9-11-22(3)26-12-13-27-25-19-31(20-33(7)8)32(36-31)18-24(35-23(4)34)14-17-30(32,6)28(25)15-16-29(26,27)5/h21-22,24-28H,9-20H2,1-8H3/t22-,24+,25+,26-,27+,28+,29-,30-,31+,32-/m1/s1. The fourth-order valence-electron chi connectivity index (χ4n) is 11.0. The second-order valence-electron chi connectivity index (χ2n) is 15.2. The molecule has 0 aromatic rings. The third kappa shape index (κ3) is 4.02. The minimum Gasteiger partial charge on any atom is -0.462 e. The van der Waals surface area contributed by atoms with Crippen LogP contribution in [0.4, 0.5) is 0 Å². The molecule has 4 heteroatoms. The molecule has 0 radical (unpaired) electrons. The molecule has 0 aromatic heterocycles. The van der Waals surface area contributed by atoms with Crippen LogP contribution >= 0.6 is 0 Å². The predicted molar refractivity (Wildman–Crippen MR) is 146 cm³/mol. The summed E-state index contributed by atoms with van der Waals surface area (Å²) in [5.74, 6) is 4.80. The van der Waals surface area contributed by atoms with Gasteiger partial charge in [0.2, 0.25) is 0 Å². The van der Waals surface area contributed by atoms with Crippen molar-refractivity contribution in [3.05, 3.63) is 0 Å². The first-order chi connectivity index (χ1) is 16.9. The molecule has 0 aromatic carbocycles. The Labute approximate surface area is 221 Å². The summed E-state index contributed by atoms with van der Waals surface area (Å²) >= 11 is 0. The van der Waals surface area contributed by atoms with Crippen molar-refractivity contribution < 1.29 is 14.3 Å². The van der Waals surface area contributed by atoms with Crippen LogP contribution in [0.25, 0.3) is 0 Å². The second kappa shape index (κ2) is 9.25. The lowest BCUT2D eigenvalue weighted by molar-refractivity contribution is -0.159. The fraction of sp³-hybridized carbons (Fsp3) is 0.969. The topological polar surface area (TPSA) is 42.1 Å². The van der Waals surface area contributed by atoms with Gasteiger partial charge in [0.15, 0.2) is 0 Å². The number of carbonyl (C=O) groups is 1. The highest BCUT2D eigenvalue weighted by molar-refractivity contribution is 5.66. The first-order valence-electron chi connectivity index (χ1n) is 15.4. The molecule has 4 nitrogen and oxygen atoms in total. The van der Waals surface area contributed by atoms with Crippen LogP contribution in [0.15, 0.2) is 0 Å². The van der Waals surface area contributed by atoms with Crippen molar-refractivity contribution in [2.24, 2.45) is 46.3 Å². The summed E-state index contributed by atoms with van der Waals surface area (Å²) in [6.07, 6.45) is 14.1. The van der Waals surface area contributed by atoms with E-state index in [0.29, 0.717) is 5.41 Å². The van der Waals surface area contributed by atoms with E-state index < -0.39 is 0 Å². The highest BCUT2D eigenvalue weighted by Gasteiger charge is 2.83. The quantitative estimate of drug-likeness (QED) is 0.263. The minimum atomic E-state index is -0.138. The average Bonchev–Trinajstić information content (AvgIpc) is 3.22. The van der Waals surface area contributed by atoms with Crippen molar-refractivity contribution in [3.63, 3.8) is 0 Å². The van der Waals surface area contributed by atoms with Crippen LogP contribution in [0, 0.1) is 46.3 Å². The zero-order valence-electron chi connectivity index (χ0n) is 24.7. The van der Waals surface area contributed by atoms with E-state index in [9.17, 15) is 4.79 Å². The van der Waals surface area contributed by atoms with E-state index in [1.165, 1.54) is 51.4 Å². The summed E-state index contributed by atoms with van der Waals surface area (Å²) in [6, 6.07) is 0. The van der Waals surface area contributed by atoms with E-state index >= 15 is 0 Å². The fourth-order valence-corrected chi connectivity index (χ4v) is 11.0. The minimum absolute atomic E-state index is 0.0209. The molecule has 4 saturated carbocycles. The van der Waals surface area contributed by atoms with E-state index in [0.717, 1.165) is 61.3 Å². The molecule has 0 amide bonds. The SMILES string of the molecule is CC(=O)O[C@H]1CC[C@]2(C)[C@H]3CC[C@]4(C)[C@@H]([C@H](C)CCCC(C)C)CC[C@H]4[C@@H]3C[C@@]3(CN(C)C)O[C@@]32C1. The number of rotatable bonds is 8. The first-order valence-corrected chi connectivity index (χ1v) is 15.4. The third-order valence-corrected chi connectivity index (χ3v) is 12.4. The van der Waals surface area contributed by atoms with Gasteiger partial charge in [-0.15, -0.1) is 0 Å². The van der Waals surface area contributed by atoms with Gasteiger partial charge in [-0.25, -0.2) is 0 Å². The van der Waals surface area contributed by atoms with Gasteiger partial charge in [0.25, 0.3) is 0 Å². The van der Waals surface area contributed by atoms with Crippen LogP contribution in [0.2, 0.25) is 0 Å². The van der Waals surface area contributed by atoms with E-state index in [4.69, 9.17) is 9.47 Å². The molecule has 1 spiro atoms. The van der Waals surface area contributed by atoms with Crippen molar-refractivity contribution in [1.29, 1.82) is 0 Å². The normalized spacial score (nSPS) is 48.1. The van der Waals surface area contributed by atoms with Crippen LogP contribution in [0.3, 0.4) is 0 Å². The van der Waals surface area contributed by atoms with Crippen molar-refractivity contribution in [2.75, 3.05) is 20.6 Å². The maximum Gasteiger partial charge on any atom is 0.302 e. The summed E-state index contributed by atoms with van der Waals surface area (Å²) in [5.41, 5.74) is 0.521. The predicted octanol–water partition coefficient (Wildman–Crippen LogP) is 7.10. The number of fused-ring (bicyclic) bond motifs is 4. The van der Waals surface area contributed by atoms with Gasteiger partial charge in [-0.2, -0.15) is 0 Å². The van der Waals surface area contributed by atoms with Crippen molar-refractivity contribution in [1.82, 2.24) is 4.90 Å². The Kier molecular flexibility index (Phi) is 6.93. The van der Waals surface area contributed by atoms with E-state index in [2.05, 4.69) is 53.6 Å². The zero-order valence-corrected chi connectivity index (χ0v) is 24.7. The van der Waals surface area contributed by atoms with Gasteiger partial charge in [0.1, 0.15) is 17.3 Å². The van der Waals surface area contributed by atoms with E-state index in [1.807, 2.05) is 0 Å². The van der Waals surface area contributed by atoms with Crippen LogP contribution in [-0.4, -0.2) is 48.8 Å². The van der Waals surface area contributed by atoms with Crippen LogP contribution in [0.1, 0.15) is 112 Å². The highest BCUT2D eigenvalue weighted by atomic mass is 16.6. The number of esters is 1. The number of epoxide rings is 1. The van der Waals surface area contributed by atoms with Gasteiger partial charge >= 0.3 is 5.97 Å². The van der Waals surface area contributed by atoms with E-state index in [-0.39, 0.29) is 28.7 Å². The summed E-state index contributed by atoms with van der Waals surface area (Å²) in [4.78, 5) is 14.2. The van der Waals surface area contributed by atoms with Crippen LogP contribution in [-0.2, 0) is 14.3 Å². The molecule has 5 fully saturated rings. The van der Waals surface area contributed by atoms with Gasteiger partial charge in [0, 0.05) is 25.3 Å². The van der Waals surface area contributed by atoms with Crippen molar-refractivity contribution >= 4 is 5.97 Å². The van der Waals surface area contributed by atoms with Crippen LogP contribution in [0.5, 0.6) is 0 Å². The molecule has 0 unspecified atom stereocenters. The zero-order chi connectivity index (χ0) is 26.1. The van der Waals surface area contributed by atoms with Gasteiger partial charge in [-0.3, -0.25) is 4.79 Å². The number of nitrogens with zero attached hydrogens (tertiary/aromatic N) is 1. The number of likely N-dealkylation sites (N-methyl/N-ethyl adjacent to an activating group) is 1. The molecule has 36 heavy (non-hydrogen) atoms. The third-order valence-electron chi connectivity index (χ3n) is 12.4. The Morgan fingerprint density at radius 1 is 1.00 bits per heavy atom. The molecular weight excluding hydrogens is 446 g/mol. The number of hydrogen-bond donors (Lipinski definition) is 0. The maximum absolute atomic E-state index is 11.8.